The summed E-state index contributed by atoms with van der Waals surface area (Å²) in [5, 5.41) is 8.13. The van der Waals surface area contributed by atoms with Crippen molar-refractivity contribution in [2.75, 3.05) is 6.61 Å². The van der Waals surface area contributed by atoms with Gasteiger partial charge in [-0.05, 0) is 48.4 Å². The Hall–Kier alpha value is -3.64. The third-order valence-corrected chi connectivity index (χ3v) is 5.82. The number of nitrogens with one attached hydrogen (secondary N) is 1. The predicted octanol–water partition coefficient (Wildman–Crippen LogP) is 5.27. The number of pyridine rings is 1. The molecule has 0 spiro atoms. The van der Waals surface area contributed by atoms with Crippen LogP contribution in [0.2, 0.25) is 5.02 Å². The van der Waals surface area contributed by atoms with Gasteiger partial charge in [0.2, 0.25) is 0 Å². The standard InChI is InChI=1S/C25H21ClN4O2/c1-2-32-20-11-7-18(8-12-20)24-21-22(17-5-9-19(26)10-6-17)28-29-23(21)25(31)30(24)15-16-4-3-13-27-14-16/h3-14,24H,2,15H2,1H3,(H,28,29). The second-order valence-corrected chi connectivity index (χ2v) is 8.00. The molecule has 1 N–H and O–H groups in total. The normalized spacial score (nSPS) is 15.1. The molecule has 3 heterocycles. The number of hydrogen-bond donors (Lipinski definition) is 1. The van der Waals surface area contributed by atoms with Crippen molar-refractivity contribution >= 4 is 17.5 Å². The number of amides is 1. The summed E-state index contributed by atoms with van der Waals surface area (Å²) in [5.74, 6) is 0.708. The van der Waals surface area contributed by atoms with Gasteiger partial charge in [0.1, 0.15) is 11.4 Å². The molecule has 0 saturated heterocycles. The Balaban J connectivity index is 1.61. The molecule has 6 nitrogen and oxygen atoms in total. The van der Waals surface area contributed by atoms with Crippen molar-refractivity contribution in [3.05, 3.63) is 100 Å². The van der Waals surface area contributed by atoms with Gasteiger partial charge in [-0.3, -0.25) is 14.9 Å². The van der Waals surface area contributed by atoms with Gasteiger partial charge in [0.25, 0.3) is 5.91 Å². The van der Waals surface area contributed by atoms with Crippen molar-refractivity contribution in [2.45, 2.75) is 19.5 Å². The summed E-state index contributed by atoms with van der Waals surface area (Å²) >= 11 is 6.08. The van der Waals surface area contributed by atoms with Crippen LogP contribution in [0, 0.1) is 0 Å². The highest BCUT2D eigenvalue weighted by Crippen LogP contribution is 2.43. The largest absolute Gasteiger partial charge is 0.494 e. The molecule has 7 heteroatoms. The van der Waals surface area contributed by atoms with E-state index in [0.717, 1.165) is 33.7 Å². The van der Waals surface area contributed by atoms with Gasteiger partial charge in [-0.15, -0.1) is 0 Å². The van der Waals surface area contributed by atoms with Crippen LogP contribution in [0.15, 0.2) is 73.1 Å². The summed E-state index contributed by atoms with van der Waals surface area (Å²) < 4.78 is 5.61. The number of aromatic nitrogens is 3. The highest BCUT2D eigenvalue weighted by atomic mass is 35.5. The number of benzene rings is 2. The molecule has 4 aromatic rings. The quantitative estimate of drug-likeness (QED) is 0.439. The van der Waals surface area contributed by atoms with Gasteiger partial charge in [-0.1, -0.05) is 41.9 Å². The van der Waals surface area contributed by atoms with E-state index in [-0.39, 0.29) is 11.9 Å². The second kappa shape index (κ2) is 8.48. The third-order valence-electron chi connectivity index (χ3n) is 5.56. The lowest BCUT2D eigenvalue weighted by Crippen LogP contribution is -2.29. The first kappa shape index (κ1) is 20.3. The van der Waals surface area contributed by atoms with Crippen LogP contribution in [-0.4, -0.2) is 32.6 Å². The minimum absolute atomic E-state index is 0.0875. The Labute approximate surface area is 190 Å². The van der Waals surface area contributed by atoms with Crippen LogP contribution in [0.1, 0.15) is 40.1 Å². The van der Waals surface area contributed by atoms with E-state index in [4.69, 9.17) is 16.3 Å². The first-order valence-corrected chi connectivity index (χ1v) is 10.8. The first-order valence-electron chi connectivity index (χ1n) is 10.4. The van der Waals surface area contributed by atoms with E-state index in [1.165, 1.54) is 0 Å². The monoisotopic (exact) mass is 444 g/mol. The minimum atomic E-state index is -0.294. The van der Waals surface area contributed by atoms with E-state index in [1.54, 1.807) is 12.4 Å². The Kier molecular flexibility index (Phi) is 5.37. The molecule has 0 saturated carbocycles. The summed E-state index contributed by atoms with van der Waals surface area (Å²) in [6, 6.07) is 18.9. The van der Waals surface area contributed by atoms with E-state index >= 15 is 0 Å². The van der Waals surface area contributed by atoms with Crippen molar-refractivity contribution in [1.29, 1.82) is 0 Å². The number of hydrogen-bond acceptors (Lipinski definition) is 4. The molecule has 2 aromatic heterocycles. The molecule has 0 radical (unpaired) electrons. The SMILES string of the molecule is CCOc1ccc(C2c3c(-c4ccc(Cl)cc4)n[nH]c3C(=O)N2Cc2cccnc2)cc1. The van der Waals surface area contributed by atoms with Crippen LogP contribution in [0.4, 0.5) is 0 Å². The first-order chi connectivity index (χ1) is 15.7. The highest BCUT2D eigenvalue weighted by Gasteiger charge is 2.42. The summed E-state index contributed by atoms with van der Waals surface area (Å²) in [5.41, 5.74) is 4.98. The number of carbonyl (C=O) groups excluding carboxylic acids is 1. The van der Waals surface area contributed by atoms with Crippen molar-refractivity contribution in [3.63, 3.8) is 0 Å². The molecule has 2 aromatic carbocycles. The molecule has 1 atom stereocenters. The van der Waals surface area contributed by atoms with Crippen LogP contribution < -0.4 is 4.74 Å². The topological polar surface area (TPSA) is 71.1 Å². The molecular weight excluding hydrogens is 424 g/mol. The number of ether oxygens (including phenoxy) is 1. The maximum absolute atomic E-state index is 13.4. The van der Waals surface area contributed by atoms with Crippen LogP contribution in [0.3, 0.4) is 0 Å². The number of aromatic amines is 1. The number of fused-ring (bicyclic) bond motifs is 1. The molecule has 5 rings (SSSR count). The zero-order valence-corrected chi connectivity index (χ0v) is 18.2. The van der Waals surface area contributed by atoms with Crippen molar-refractivity contribution in [2.24, 2.45) is 0 Å². The van der Waals surface area contributed by atoms with Gasteiger partial charge in [0.15, 0.2) is 0 Å². The third kappa shape index (κ3) is 3.63. The number of halogens is 1. The zero-order chi connectivity index (χ0) is 22.1. The van der Waals surface area contributed by atoms with Gasteiger partial charge in [-0.25, -0.2) is 0 Å². The van der Waals surface area contributed by atoms with Crippen LogP contribution >= 0.6 is 11.6 Å². The molecule has 0 bridgehead atoms. The summed E-state index contributed by atoms with van der Waals surface area (Å²) in [7, 11) is 0. The fourth-order valence-corrected chi connectivity index (χ4v) is 4.26. The summed E-state index contributed by atoms with van der Waals surface area (Å²) in [6.07, 6.45) is 3.51. The van der Waals surface area contributed by atoms with Crippen molar-refractivity contribution in [1.82, 2.24) is 20.1 Å². The summed E-state index contributed by atoms with van der Waals surface area (Å²) in [6.45, 7) is 2.99. The minimum Gasteiger partial charge on any atom is -0.494 e. The molecule has 1 unspecified atom stereocenters. The number of carbonyl (C=O) groups is 1. The average Bonchev–Trinajstić information content (AvgIpc) is 3.35. The molecule has 0 fully saturated rings. The molecule has 160 valence electrons. The number of nitrogens with zero attached hydrogens (tertiary/aromatic N) is 3. The Morgan fingerprint density at radius 1 is 1.09 bits per heavy atom. The fourth-order valence-electron chi connectivity index (χ4n) is 4.14. The lowest BCUT2D eigenvalue weighted by atomic mass is 9.96. The Morgan fingerprint density at radius 2 is 1.88 bits per heavy atom. The van der Waals surface area contributed by atoms with E-state index < -0.39 is 0 Å². The van der Waals surface area contributed by atoms with E-state index in [2.05, 4.69) is 15.2 Å². The Morgan fingerprint density at radius 3 is 2.56 bits per heavy atom. The highest BCUT2D eigenvalue weighted by molar-refractivity contribution is 6.30. The molecular formula is C25H21ClN4O2. The second-order valence-electron chi connectivity index (χ2n) is 7.57. The van der Waals surface area contributed by atoms with Gasteiger partial charge in [0, 0.05) is 35.1 Å². The van der Waals surface area contributed by atoms with Crippen molar-refractivity contribution < 1.29 is 9.53 Å². The van der Waals surface area contributed by atoms with E-state index in [1.807, 2.05) is 72.5 Å². The van der Waals surface area contributed by atoms with Gasteiger partial charge in [-0.2, -0.15) is 5.10 Å². The van der Waals surface area contributed by atoms with E-state index in [0.29, 0.717) is 23.9 Å². The maximum atomic E-state index is 13.4. The van der Waals surface area contributed by atoms with E-state index in [9.17, 15) is 4.79 Å². The summed E-state index contributed by atoms with van der Waals surface area (Å²) in [4.78, 5) is 19.5. The molecule has 32 heavy (non-hydrogen) atoms. The van der Waals surface area contributed by atoms with Gasteiger partial charge >= 0.3 is 0 Å². The molecule has 0 aliphatic carbocycles. The molecule has 1 amide bonds. The number of H-pyrrole nitrogens is 1. The maximum Gasteiger partial charge on any atom is 0.273 e. The Bertz CT molecular complexity index is 1240. The van der Waals surface area contributed by atoms with Gasteiger partial charge < -0.3 is 9.64 Å². The predicted molar refractivity (Wildman–Crippen MR) is 123 cm³/mol. The van der Waals surface area contributed by atoms with Crippen LogP contribution in [-0.2, 0) is 6.54 Å². The van der Waals surface area contributed by atoms with Crippen LogP contribution in [0.25, 0.3) is 11.3 Å². The van der Waals surface area contributed by atoms with Gasteiger partial charge in [0.05, 0.1) is 18.3 Å². The smallest absolute Gasteiger partial charge is 0.273 e. The lowest BCUT2D eigenvalue weighted by molar-refractivity contribution is 0.0730. The average molecular weight is 445 g/mol. The molecule has 1 aliphatic rings. The van der Waals surface area contributed by atoms with Crippen LogP contribution in [0.5, 0.6) is 5.75 Å². The number of rotatable bonds is 6. The van der Waals surface area contributed by atoms with Crippen molar-refractivity contribution in [3.8, 4) is 17.0 Å². The molecule has 1 aliphatic heterocycles. The fraction of sp³-hybridized carbons (Fsp3) is 0.160. The lowest BCUT2D eigenvalue weighted by Gasteiger charge is -2.26. The zero-order valence-electron chi connectivity index (χ0n) is 17.5.